The minimum Gasteiger partial charge on any atom is -0.504 e. The minimum atomic E-state index is -0.0728. The van der Waals surface area contributed by atoms with Gasteiger partial charge in [0.1, 0.15) is 0 Å². The first kappa shape index (κ1) is 14.8. The molecule has 0 aliphatic carbocycles. The van der Waals surface area contributed by atoms with Crippen LogP contribution in [0.4, 0.5) is 0 Å². The van der Waals surface area contributed by atoms with Gasteiger partial charge in [-0.2, -0.15) is 0 Å². The third-order valence-corrected chi connectivity index (χ3v) is 3.22. The fourth-order valence-electron chi connectivity index (χ4n) is 1.66. The highest BCUT2D eigenvalue weighted by Crippen LogP contribution is 2.26. The monoisotopic (exact) mass is 315 g/mol. The Labute approximate surface area is 116 Å². The molecule has 0 spiro atoms. The van der Waals surface area contributed by atoms with Crippen LogP contribution in [0.25, 0.3) is 0 Å². The molecule has 0 aromatic heterocycles. The van der Waals surface area contributed by atoms with Gasteiger partial charge in [0.2, 0.25) is 0 Å². The highest BCUT2D eigenvalue weighted by atomic mass is 79.9. The number of carbonyl (C=O) groups is 1. The van der Waals surface area contributed by atoms with Gasteiger partial charge in [-0.1, -0.05) is 15.9 Å². The molecule has 4 nitrogen and oxygen atoms in total. The predicted molar refractivity (Wildman–Crippen MR) is 74.6 cm³/mol. The lowest BCUT2D eigenvalue weighted by Gasteiger charge is -2.20. The van der Waals surface area contributed by atoms with Gasteiger partial charge >= 0.3 is 0 Å². The number of rotatable bonds is 6. The number of amides is 1. The third kappa shape index (κ3) is 3.63. The summed E-state index contributed by atoms with van der Waals surface area (Å²) in [6.07, 6.45) is 0.904. The summed E-state index contributed by atoms with van der Waals surface area (Å²) in [5.74, 6) is 0.284. The van der Waals surface area contributed by atoms with Crippen LogP contribution in [0.2, 0.25) is 0 Å². The Bertz CT molecular complexity index is 409. The van der Waals surface area contributed by atoms with Crippen molar-refractivity contribution in [3.05, 3.63) is 23.8 Å². The van der Waals surface area contributed by atoms with Crippen molar-refractivity contribution in [2.45, 2.75) is 13.3 Å². The summed E-state index contributed by atoms with van der Waals surface area (Å²) in [6, 6.07) is 4.70. The Kier molecular flexibility index (Phi) is 5.98. The van der Waals surface area contributed by atoms with E-state index < -0.39 is 0 Å². The highest BCUT2D eigenvalue weighted by molar-refractivity contribution is 9.09. The van der Waals surface area contributed by atoms with E-state index in [1.807, 2.05) is 6.92 Å². The SMILES string of the molecule is CCN(CCCBr)C(=O)c1ccc(OC)c(O)c1. The predicted octanol–water partition coefficient (Wildman–Crippen LogP) is 2.65. The van der Waals surface area contributed by atoms with Crippen LogP contribution in [0.3, 0.4) is 0 Å². The van der Waals surface area contributed by atoms with Crippen LogP contribution < -0.4 is 4.74 Å². The number of benzene rings is 1. The standard InChI is InChI=1S/C13H18BrNO3/c1-3-15(8-4-7-14)13(17)10-5-6-12(18-2)11(16)9-10/h5-6,9,16H,3-4,7-8H2,1-2H3. The lowest BCUT2D eigenvalue weighted by molar-refractivity contribution is 0.0764. The molecule has 1 aromatic carbocycles. The Morgan fingerprint density at radius 2 is 2.22 bits per heavy atom. The molecule has 1 N–H and O–H groups in total. The number of phenols is 1. The fourth-order valence-corrected chi connectivity index (χ4v) is 1.91. The molecule has 0 aliphatic rings. The first-order valence-electron chi connectivity index (χ1n) is 5.86. The van der Waals surface area contributed by atoms with Crippen molar-refractivity contribution in [3.8, 4) is 11.5 Å². The van der Waals surface area contributed by atoms with Crippen LogP contribution in [0.15, 0.2) is 18.2 Å². The first-order chi connectivity index (χ1) is 8.63. The lowest BCUT2D eigenvalue weighted by atomic mass is 10.1. The molecule has 0 saturated carbocycles. The van der Waals surface area contributed by atoms with Crippen LogP contribution in [-0.2, 0) is 0 Å². The van der Waals surface area contributed by atoms with Crippen molar-refractivity contribution < 1.29 is 14.6 Å². The number of methoxy groups -OCH3 is 1. The molecule has 0 radical (unpaired) electrons. The summed E-state index contributed by atoms with van der Waals surface area (Å²) in [4.78, 5) is 13.9. The van der Waals surface area contributed by atoms with Gasteiger partial charge in [0.25, 0.3) is 5.91 Å². The van der Waals surface area contributed by atoms with Gasteiger partial charge in [-0.25, -0.2) is 0 Å². The molecule has 1 aromatic rings. The van der Waals surface area contributed by atoms with Crippen LogP contribution in [-0.4, -0.2) is 41.4 Å². The summed E-state index contributed by atoms with van der Waals surface area (Å²) in [5.41, 5.74) is 0.477. The molecule has 0 saturated heterocycles. The van der Waals surface area contributed by atoms with Gasteiger partial charge in [0.05, 0.1) is 7.11 Å². The Morgan fingerprint density at radius 1 is 1.50 bits per heavy atom. The van der Waals surface area contributed by atoms with Gasteiger partial charge in [-0.3, -0.25) is 4.79 Å². The summed E-state index contributed by atoms with van der Waals surface area (Å²) in [7, 11) is 1.48. The van der Waals surface area contributed by atoms with Crippen LogP contribution >= 0.6 is 15.9 Å². The number of hydrogen-bond donors (Lipinski definition) is 1. The highest BCUT2D eigenvalue weighted by Gasteiger charge is 2.15. The quantitative estimate of drug-likeness (QED) is 0.821. The van der Waals surface area contributed by atoms with Gasteiger partial charge in [0.15, 0.2) is 11.5 Å². The number of nitrogens with zero attached hydrogens (tertiary/aromatic N) is 1. The van der Waals surface area contributed by atoms with Gasteiger partial charge in [-0.05, 0) is 31.5 Å². The zero-order valence-electron chi connectivity index (χ0n) is 10.6. The molecule has 0 aliphatic heterocycles. The van der Waals surface area contributed by atoms with Crippen LogP contribution in [0.1, 0.15) is 23.7 Å². The molecular formula is C13H18BrNO3. The largest absolute Gasteiger partial charge is 0.504 e. The van der Waals surface area contributed by atoms with Gasteiger partial charge in [-0.15, -0.1) is 0 Å². The summed E-state index contributed by atoms with van der Waals surface area (Å²) < 4.78 is 4.95. The Hall–Kier alpha value is -1.23. The zero-order valence-corrected chi connectivity index (χ0v) is 12.2. The third-order valence-electron chi connectivity index (χ3n) is 2.66. The minimum absolute atomic E-state index is 0.0140. The van der Waals surface area contributed by atoms with E-state index in [0.29, 0.717) is 24.4 Å². The number of hydrogen-bond acceptors (Lipinski definition) is 3. The number of ether oxygens (including phenoxy) is 1. The van der Waals surface area contributed by atoms with Crippen molar-refractivity contribution in [1.82, 2.24) is 4.90 Å². The van der Waals surface area contributed by atoms with Crippen molar-refractivity contribution in [2.75, 3.05) is 25.5 Å². The number of aromatic hydroxyl groups is 1. The average Bonchev–Trinajstić information content (AvgIpc) is 2.39. The number of phenolic OH excluding ortho intramolecular Hbond substituents is 1. The van der Waals surface area contributed by atoms with Crippen molar-refractivity contribution in [1.29, 1.82) is 0 Å². The lowest BCUT2D eigenvalue weighted by Crippen LogP contribution is -2.31. The second-order valence-electron chi connectivity index (χ2n) is 3.81. The van der Waals surface area contributed by atoms with E-state index >= 15 is 0 Å². The van der Waals surface area contributed by atoms with Crippen LogP contribution in [0, 0.1) is 0 Å². The molecule has 0 bridgehead atoms. The Balaban J connectivity index is 2.84. The topological polar surface area (TPSA) is 49.8 Å². The van der Waals surface area contributed by atoms with E-state index in [2.05, 4.69) is 15.9 Å². The molecular weight excluding hydrogens is 298 g/mol. The van der Waals surface area contributed by atoms with E-state index in [1.165, 1.54) is 13.2 Å². The smallest absolute Gasteiger partial charge is 0.253 e. The maximum atomic E-state index is 12.2. The number of halogens is 1. The van der Waals surface area contributed by atoms with Gasteiger partial charge < -0.3 is 14.7 Å². The normalized spacial score (nSPS) is 10.2. The van der Waals surface area contributed by atoms with E-state index in [1.54, 1.807) is 17.0 Å². The molecule has 0 fully saturated rings. The van der Waals surface area contributed by atoms with Crippen molar-refractivity contribution in [3.63, 3.8) is 0 Å². The van der Waals surface area contributed by atoms with E-state index in [4.69, 9.17) is 4.74 Å². The average molecular weight is 316 g/mol. The maximum Gasteiger partial charge on any atom is 0.253 e. The number of carbonyl (C=O) groups excluding carboxylic acids is 1. The maximum absolute atomic E-state index is 12.2. The molecule has 0 atom stereocenters. The van der Waals surface area contributed by atoms with Crippen molar-refractivity contribution in [2.24, 2.45) is 0 Å². The van der Waals surface area contributed by atoms with E-state index in [0.717, 1.165) is 11.8 Å². The molecule has 0 unspecified atom stereocenters. The molecule has 100 valence electrons. The Morgan fingerprint density at radius 3 is 2.72 bits per heavy atom. The summed E-state index contributed by atoms with van der Waals surface area (Å²) in [6.45, 7) is 3.29. The second-order valence-corrected chi connectivity index (χ2v) is 4.61. The molecule has 1 rings (SSSR count). The molecule has 18 heavy (non-hydrogen) atoms. The fraction of sp³-hybridized carbons (Fsp3) is 0.462. The molecule has 5 heteroatoms. The molecule has 0 heterocycles. The number of alkyl halides is 1. The summed E-state index contributed by atoms with van der Waals surface area (Å²) in [5, 5.41) is 10.5. The van der Waals surface area contributed by atoms with Crippen molar-refractivity contribution >= 4 is 21.8 Å². The first-order valence-corrected chi connectivity index (χ1v) is 6.98. The zero-order chi connectivity index (χ0) is 13.5. The second kappa shape index (κ2) is 7.26. The van der Waals surface area contributed by atoms with E-state index in [9.17, 15) is 9.90 Å². The van der Waals surface area contributed by atoms with Gasteiger partial charge in [0, 0.05) is 24.0 Å². The molecule has 1 amide bonds. The van der Waals surface area contributed by atoms with E-state index in [-0.39, 0.29) is 11.7 Å². The van der Waals surface area contributed by atoms with Crippen LogP contribution in [0.5, 0.6) is 11.5 Å². The summed E-state index contributed by atoms with van der Waals surface area (Å²) >= 11 is 3.35.